The Balaban J connectivity index is 1.81. The number of amides is 3. The van der Waals surface area contributed by atoms with Crippen molar-refractivity contribution < 1.29 is 14.4 Å². The maximum absolute atomic E-state index is 12.0. The van der Waals surface area contributed by atoms with Gasteiger partial charge in [0.25, 0.3) is 0 Å². The second kappa shape index (κ2) is 7.82. The van der Waals surface area contributed by atoms with E-state index in [4.69, 9.17) is 0 Å². The number of hydrogen-bond donors (Lipinski definition) is 4. The maximum atomic E-state index is 12.0. The smallest absolute Gasteiger partial charge is 0.315 e. The molecule has 8 heteroatoms. The molecule has 4 N–H and O–H groups in total. The van der Waals surface area contributed by atoms with Crippen molar-refractivity contribution >= 4 is 29.5 Å². The van der Waals surface area contributed by atoms with Crippen molar-refractivity contribution in [1.82, 2.24) is 21.3 Å². The molecule has 2 saturated heterocycles. The normalized spacial score (nSPS) is 27.7. The van der Waals surface area contributed by atoms with Gasteiger partial charge >= 0.3 is 6.03 Å². The molecule has 124 valence electrons. The third-order valence-corrected chi connectivity index (χ3v) is 5.73. The minimum atomic E-state index is -0.587. The third kappa shape index (κ3) is 3.92. The summed E-state index contributed by atoms with van der Waals surface area (Å²) in [6, 6.07) is 0.292. The molecule has 0 aromatic rings. The lowest BCUT2D eigenvalue weighted by Crippen LogP contribution is -2.38. The second-order valence-electron chi connectivity index (χ2n) is 5.72. The van der Waals surface area contributed by atoms with Crippen LogP contribution in [-0.4, -0.2) is 61.4 Å². The van der Waals surface area contributed by atoms with Crippen LogP contribution in [-0.2, 0) is 9.59 Å². The van der Waals surface area contributed by atoms with Crippen LogP contribution in [0.3, 0.4) is 0 Å². The van der Waals surface area contributed by atoms with E-state index in [1.165, 1.54) is 0 Å². The first kappa shape index (κ1) is 17.1. The fraction of sp³-hybridized carbons (Fsp3) is 0.786. The summed E-state index contributed by atoms with van der Waals surface area (Å²) < 4.78 is 0. The van der Waals surface area contributed by atoms with Crippen LogP contribution < -0.4 is 21.3 Å². The topological polar surface area (TPSA) is 99.3 Å². The first-order valence-corrected chi connectivity index (χ1v) is 8.69. The molecule has 0 aliphatic carbocycles. The fourth-order valence-corrected chi connectivity index (χ4v) is 4.62. The molecule has 0 bridgehead atoms. The van der Waals surface area contributed by atoms with E-state index < -0.39 is 5.92 Å². The molecule has 4 atom stereocenters. The lowest BCUT2D eigenvalue weighted by Gasteiger charge is -2.18. The zero-order valence-electron chi connectivity index (χ0n) is 13.0. The van der Waals surface area contributed by atoms with Gasteiger partial charge in [0.2, 0.25) is 5.91 Å². The fourth-order valence-electron chi connectivity index (χ4n) is 3.08. The lowest BCUT2D eigenvalue weighted by molar-refractivity contribution is -0.133. The molecule has 2 aliphatic rings. The van der Waals surface area contributed by atoms with Crippen LogP contribution in [0.1, 0.15) is 19.3 Å². The van der Waals surface area contributed by atoms with Crippen molar-refractivity contribution in [2.24, 2.45) is 5.92 Å². The molecule has 2 heterocycles. The summed E-state index contributed by atoms with van der Waals surface area (Å²) >= 11 is 1.85. The summed E-state index contributed by atoms with van der Waals surface area (Å²) in [6.45, 7) is 0.209. The minimum Gasteiger partial charge on any atom is -0.359 e. The summed E-state index contributed by atoms with van der Waals surface area (Å²) in [5.74, 6) is 0.0460. The van der Waals surface area contributed by atoms with Crippen LogP contribution in [0.2, 0.25) is 0 Å². The third-order valence-electron chi connectivity index (χ3n) is 4.22. The Labute approximate surface area is 134 Å². The van der Waals surface area contributed by atoms with Gasteiger partial charge < -0.3 is 21.3 Å². The molecule has 0 spiro atoms. The standard InChI is InChI=1S/C14H24N4O3S/c1-15-6-10(19)8(13(20)16-2)4-3-5-11-12-9(7-22-11)17-14(21)18-12/h8-9,11-12,15H,3-7H2,1-2H3,(H,16,20)(H2,17,18,21)/t8?,9-,11-,12-/m0/s1. The maximum Gasteiger partial charge on any atom is 0.315 e. The van der Waals surface area contributed by atoms with Gasteiger partial charge in [0, 0.05) is 18.1 Å². The predicted molar refractivity (Wildman–Crippen MR) is 85.8 cm³/mol. The van der Waals surface area contributed by atoms with E-state index in [1.807, 2.05) is 11.8 Å². The van der Waals surface area contributed by atoms with E-state index in [1.54, 1.807) is 14.1 Å². The highest BCUT2D eigenvalue weighted by Crippen LogP contribution is 2.33. The second-order valence-corrected chi connectivity index (χ2v) is 6.99. The number of urea groups is 1. The van der Waals surface area contributed by atoms with Crippen LogP contribution in [0.25, 0.3) is 0 Å². The van der Waals surface area contributed by atoms with Crippen molar-refractivity contribution in [3.63, 3.8) is 0 Å². The van der Waals surface area contributed by atoms with Crippen LogP contribution >= 0.6 is 11.8 Å². The number of rotatable bonds is 8. The van der Waals surface area contributed by atoms with Gasteiger partial charge in [-0.05, 0) is 19.9 Å². The van der Waals surface area contributed by atoms with Crippen molar-refractivity contribution in [3.05, 3.63) is 0 Å². The van der Waals surface area contributed by atoms with Crippen LogP contribution in [0, 0.1) is 5.92 Å². The molecular formula is C14H24N4O3S. The predicted octanol–water partition coefficient (Wildman–Crippen LogP) is -0.527. The number of likely N-dealkylation sites (N-methyl/N-ethyl adjacent to an activating group) is 1. The van der Waals surface area contributed by atoms with Gasteiger partial charge in [-0.15, -0.1) is 0 Å². The van der Waals surface area contributed by atoms with Gasteiger partial charge in [0.1, 0.15) is 0 Å². The summed E-state index contributed by atoms with van der Waals surface area (Å²) in [7, 11) is 3.25. The summed E-state index contributed by atoms with van der Waals surface area (Å²) in [4.78, 5) is 35.2. The SMILES string of the molecule is CNCC(=O)C(CCC[C@@H]1SC[C@@H]2NC(=O)N[C@@H]21)C(=O)NC. The Kier molecular flexibility index (Phi) is 6.07. The van der Waals surface area contributed by atoms with E-state index in [-0.39, 0.29) is 36.3 Å². The van der Waals surface area contributed by atoms with Crippen LogP contribution in [0.15, 0.2) is 0 Å². The molecule has 0 aromatic carbocycles. The monoisotopic (exact) mass is 328 g/mol. The van der Waals surface area contributed by atoms with E-state index in [9.17, 15) is 14.4 Å². The average Bonchev–Trinajstić information content (AvgIpc) is 3.02. The zero-order chi connectivity index (χ0) is 16.1. The van der Waals surface area contributed by atoms with E-state index in [0.717, 1.165) is 18.6 Å². The van der Waals surface area contributed by atoms with Crippen molar-refractivity contribution in [3.8, 4) is 0 Å². The number of fused-ring (bicyclic) bond motifs is 1. The Morgan fingerprint density at radius 1 is 1.36 bits per heavy atom. The Hall–Kier alpha value is -1.28. The zero-order valence-corrected chi connectivity index (χ0v) is 13.8. The molecule has 1 unspecified atom stereocenters. The summed E-state index contributed by atoms with van der Waals surface area (Å²) in [5, 5.41) is 11.6. The molecule has 22 heavy (non-hydrogen) atoms. The Morgan fingerprint density at radius 3 is 2.82 bits per heavy atom. The molecule has 0 radical (unpaired) electrons. The summed E-state index contributed by atoms with van der Waals surface area (Å²) in [6.07, 6.45) is 2.24. The lowest BCUT2D eigenvalue weighted by atomic mass is 9.94. The molecule has 0 aromatic heterocycles. The van der Waals surface area contributed by atoms with Gasteiger partial charge in [-0.25, -0.2) is 4.79 Å². The first-order valence-electron chi connectivity index (χ1n) is 7.64. The van der Waals surface area contributed by atoms with Crippen molar-refractivity contribution in [2.45, 2.75) is 36.6 Å². The molecule has 0 saturated carbocycles. The highest BCUT2D eigenvalue weighted by Gasteiger charge is 2.42. The van der Waals surface area contributed by atoms with Gasteiger partial charge in [-0.2, -0.15) is 11.8 Å². The average molecular weight is 328 g/mol. The highest BCUT2D eigenvalue weighted by molar-refractivity contribution is 8.00. The van der Waals surface area contributed by atoms with Crippen LogP contribution in [0.4, 0.5) is 4.79 Å². The largest absolute Gasteiger partial charge is 0.359 e. The Bertz CT molecular complexity index is 446. The summed E-state index contributed by atoms with van der Waals surface area (Å²) in [5.41, 5.74) is 0. The number of ketones is 1. The number of Topliss-reactive ketones (excluding diaryl/α,β-unsaturated/α-hetero) is 1. The van der Waals surface area contributed by atoms with Gasteiger partial charge in [-0.3, -0.25) is 9.59 Å². The number of thioether (sulfide) groups is 1. The van der Waals surface area contributed by atoms with Gasteiger partial charge in [0.05, 0.1) is 24.5 Å². The van der Waals surface area contributed by atoms with E-state index in [0.29, 0.717) is 11.7 Å². The molecule has 2 rings (SSSR count). The molecular weight excluding hydrogens is 304 g/mol. The van der Waals surface area contributed by atoms with E-state index in [2.05, 4.69) is 21.3 Å². The molecule has 7 nitrogen and oxygen atoms in total. The van der Waals surface area contributed by atoms with Gasteiger partial charge in [-0.1, -0.05) is 6.42 Å². The van der Waals surface area contributed by atoms with E-state index >= 15 is 0 Å². The van der Waals surface area contributed by atoms with Crippen molar-refractivity contribution in [2.75, 3.05) is 26.4 Å². The minimum absolute atomic E-state index is 0.0744. The first-order chi connectivity index (χ1) is 10.6. The quantitative estimate of drug-likeness (QED) is 0.355. The Morgan fingerprint density at radius 2 is 2.14 bits per heavy atom. The number of carbonyl (C=O) groups excluding carboxylic acids is 3. The number of nitrogens with one attached hydrogen (secondary N) is 4. The number of carbonyl (C=O) groups is 3. The molecule has 3 amide bonds. The number of hydrogen-bond acceptors (Lipinski definition) is 5. The highest BCUT2D eigenvalue weighted by atomic mass is 32.2. The molecule has 2 aliphatic heterocycles. The molecule has 2 fully saturated rings. The van der Waals surface area contributed by atoms with Gasteiger partial charge in [0.15, 0.2) is 5.78 Å². The van der Waals surface area contributed by atoms with Crippen molar-refractivity contribution in [1.29, 1.82) is 0 Å². The van der Waals surface area contributed by atoms with Crippen LogP contribution in [0.5, 0.6) is 0 Å².